The summed E-state index contributed by atoms with van der Waals surface area (Å²) in [6.45, 7) is 4.34. The van der Waals surface area contributed by atoms with Crippen molar-refractivity contribution < 1.29 is 5.11 Å². The fourth-order valence-electron chi connectivity index (χ4n) is 1.54. The SMILES string of the molecule is CC(C)CC(O)C1CCCS1. The van der Waals surface area contributed by atoms with Crippen molar-refractivity contribution in [1.82, 2.24) is 0 Å². The van der Waals surface area contributed by atoms with E-state index in [0.29, 0.717) is 11.2 Å². The molecule has 2 unspecified atom stereocenters. The van der Waals surface area contributed by atoms with Gasteiger partial charge in [-0.3, -0.25) is 0 Å². The molecule has 0 aromatic rings. The fraction of sp³-hybridized carbons (Fsp3) is 1.00. The molecule has 1 N–H and O–H groups in total. The Hall–Kier alpha value is 0.310. The highest BCUT2D eigenvalue weighted by Crippen LogP contribution is 2.30. The van der Waals surface area contributed by atoms with E-state index < -0.39 is 0 Å². The van der Waals surface area contributed by atoms with Crippen molar-refractivity contribution in [2.24, 2.45) is 5.92 Å². The van der Waals surface area contributed by atoms with Crippen LogP contribution in [0.2, 0.25) is 0 Å². The third-order valence-corrected chi connectivity index (χ3v) is 3.61. The van der Waals surface area contributed by atoms with Crippen LogP contribution in [-0.4, -0.2) is 22.2 Å². The van der Waals surface area contributed by atoms with E-state index in [4.69, 9.17) is 0 Å². The molecule has 2 atom stereocenters. The molecule has 0 spiro atoms. The van der Waals surface area contributed by atoms with E-state index in [9.17, 15) is 5.11 Å². The summed E-state index contributed by atoms with van der Waals surface area (Å²) in [5.74, 6) is 1.88. The molecule has 1 aliphatic rings. The van der Waals surface area contributed by atoms with Gasteiger partial charge in [-0.05, 0) is 30.9 Å². The average Bonchev–Trinajstić information content (AvgIpc) is 2.35. The predicted molar refractivity (Wildman–Crippen MR) is 50.9 cm³/mol. The quantitative estimate of drug-likeness (QED) is 0.708. The third kappa shape index (κ3) is 3.04. The number of aliphatic hydroxyl groups excluding tert-OH is 1. The van der Waals surface area contributed by atoms with Gasteiger partial charge in [0.05, 0.1) is 6.10 Å². The van der Waals surface area contributed by atoms with Crippen LogP contribution in [0.4, 0.5) is 0 Å². The highest BCUT2D eigenvalue weighted by Gasteiger charge is 2.23. The largest absolute Gasteiger partial charge is 0.392 e. The molecule has 1 aliphatic heterocycles. The van der Waals surface area contributed by atoms with Crippen LogP contribution in [0.3, 0.4) is 0 Å². The maximum atomic E-state index is 9.70. The molecule has 1 nitrogen and oxygen atoms in total. The Morgan fingerprint density at radius 1 is 1.55 bits per heavy atom. The first-order valence-electron chi connectivity index (χ1n) is 4.50. The number of hydrogen-bond acceptors (Lipinski definition) is 2. The molecular weight excluding hydrogens is 156 g/mol. The van der Waals surface area contributed by atoms with E-state index in [1.165, 1.54) is 18.6 Å². The maximum Gasteiger partial charge on any atom is 0.0661 e. The summed E-state index contributed by atoms with van der Waals surface area (Å²) < 4.78 is 0. The van der Waals surface area contributed by atoms with Crippen molar-refractivity contribution >= 4 is 11.8 Å². The van der Waals surface area contributed by atoms with Gasteiger partial charge in [-0.1, -0.05) is 13.8 Å². The lowest BCUT2D eigenvalue weighted by Gasteiger charge is -2.18. The van der Waals surface area contributed by atoms with Crippen molar-refractivity contribution in [2.75, 3.05) is 5.75 Å². The van der Waals surface area contributed by atoms with Crippen LogP contribution >= 0.6 is 11.8 Å². The average molecular weight is 174 g/mol. The fourth-order valence-corrected chi connectivity index (χ4v) is 2.84. The van der Waals surface area contributed by atoms with Crippen LogP contribution in [0.15, 0.2) is 0 Å². The Morgan fingerprint density at radius 2 is 2.27 bits per heavy atom. The van der Waals surface area contributed by atoms with E-state index in [1.807, 2.05) is 11.8 Å². The Balaban J connectivity index is 2.22. The number of hydrogen-bond donors (Lipinski definition) is 1. The second-order valence-electron chi connectivity index (χ2n) is 3.75. The van der Waals surface area contributed by atoms with Crippen molar-refractivity contribution in [2.45, 2.75) is 44.5 Å². The van der Waals surface area contributed by atoms with Crippen LogP contribution in [0.5, 0.6) is 0 Å². The second kappa shape index (κ2) is 4.36. The summed E-state index contributed by atoms with van der Waals surface area (Å²) in [4.78, 5) is 0. The van der Waals surface area contributed by atoms with Crippen molar-refractivity contribution in [1.29, 1.82) is 0 Å². The molecule has 2 heteroatoms. The number of rotatable bonds is 3. The molecule has 1 heterocycles. The minimum absolute atomic E-state index is 0.0532. The van der Waals surface area contributed by atoms with E-state index in [-0.39, 0.29) is 6.10 Å². The van der Waals surface area contributed by atoms with Crippen molar-refractivity contribution in [3.8, 4) is 0 Å². The molecule has 11 heavy (non-hydrogen) atoms. The van der Waals surface area contributed by atoms with Gasteiger partial charge < -0.3 is 5.11 Å². The van der Waals surface area contributed by atoms with Crippen LogP contribution in [0.1, 0.15) is 33.1 Å². The molecule has 0 aliphatic carbocycles. The zero-order chi connectivity index (χ0) is 8.27. The molecule has 0 bridgehead atoms. The zero-order valence-corrected chi connectivity index (χ0v) is 8.23. The summed E-state index contributed by atoms with van der Waals surface area (Å²) in [6, 6.07) is 0. The van der Waals surface area contributed by atoms with E-state index in [1.54, 1.807) is 0 Å². The van der Waals surface area contributed by atoms with Gasteiger partial charge in [-0.15, -0.1) is 0 Å². The van der Waals surface area contributed by atoms with E-state index in [0.717, 1.165) is 6.42 Å². The minimum atomic E-state index is -0.0532. The summed E-state index contributed by atoms with van der Waals surface area (Å²) in [5.41, 5.74) is 0. The number of thioether (sulfide) groups is 1. The molecule has 1 saturated heterocycles. The van der Waals surface area contributed by atoms with E-state index in [2.05, 4.69) is 13.8 Å². The Kier molecular flexibility index (Phi) is 3.73. The minimum Gasteiger partial charge on any atom is -0.392 e. The van der Waals surface area contributed by atoms with Crippen LogP contribution < -0.4 is 0 Å². The van der Waals surface area contributed by atoms with Gasteiger partial charge in [-0.25, -0.2) is 0 Å². The molecule has 0 aromatic carbocycles. The maximum absolute atomic E-state index is 9.70. The normalized spacial score (nSPS) is 27.8. The third-order valence-electron chi connectivity index (χ3n) is 2.11. The van der Waals surface area contributed by atoms with Crippen LogP contribution in [-0.2, 0) is 0 Å². The van der Waals surface area contributed by atoms with Gasteiger partial charge in [-0.2, -0.15) is 11.8 Å². The standard InChI is InChI=1S/C9H18OS/c1-7(2)6-8(10)9-4-3-5-11-9/h7-10H,3-6H2,1-2H3. The van der Waals surface area contributed by atoms with Gasteiger partial charge in [0.25, 0.3) is 0 Å². The lowest BCUT2D eigenvalue weighted by Crippen LogP contribution is -2.22. The van der Waals surface area contributed by atoms with Crippen molar-refractivity contribution in [3.05, 3.63) is 0 Å². The Morgan fingerprint density at radius 3 is 2.73 bits per heavy atom. The highest BCUT2D eigenvalue weighted by molar-refractivity contribution is 8.00. The van der Waals surface area contributed by atoms with Crippen LogP contribution in [0, 0.1) is 5.92 Å². The van der Waals surface area contributed by atoms with E-state index >= 15 is 0 Å². The molecule has 0 radical (unpaired) electrons. The van der Waals surface area contributed by atoms with Crippen LogP contribution in [0.25, 0.3) is 0 Å². The van der Waals surface area contributed by atoms with Gasteiger partial charge >= 0.3 is 0 Å². The summed E-state index contributed by atoms with van der Waals surface area (Å²) in [7, 11) is 0. The smallest absolute Gasteiger partial charge is 0.0661 e. The lowest BCUT2D eigenvalue weighted by atomic mass is 10.0. The Labute approximate surface area is 73.6 Å². The van der Waals surface area contributed by atoms with Gasteiger partial charge in [0.2, 0.25) is 0 Å². The lowest BCUT2D eigenvalue weighted by molar-refractivity contribution is 0.144. The molecule has 0 amide bonds. The first-order valence-corrected chi connectivity index (χ1v) is 5.54. The second-order valence-corrected chi connectivity index (χ2v) is 5.10. The highest BCUT2D eigenvalue weighted by atomic mass is 32.2. The zero-order valence-electron chi connectivity index (χ0n) is 7.42. The predicted octanol–water partition coefficient (Wildman–Crippen LogP) is 2.29. The Bertz CT molecular complexity index is 108. The molecule has 1 rings (SSSR count). The topological polar surface area (TPSA) is 20.2 Å². The van der Waals surface area contributed by atoms with Gasteiger partial charge in [0, 0.05) is 5.25 Å². The molecule has 1 fully saturated rings. The molecule has 66 valence electrons. The van der Waals surface area contributed by atoms with Gasteiger partial charge in [0.1, 0.15) is 0 Å². The molecular formula is C9H18OS. The monoisotopic (exact) mass is 174 g/mol. The summed E-state index contributed by atoms with van der Waals surface area (Å²) >= 11 is 1.94. The summed E-state index contributed by atoms with van der Waals surface area (Å²) in [6.07, 6.45) is 3.43. The first-order chi connectivity index (χ1) is 5.20. The number of aliphatic hydroxyl groups is 1. The molecule has 0 aromatic heterocycles. The summed E-state index contributed by atoms with van der Waals surface area (Å²) in [5, 5.41) is 10.2. The molecule has 0 saturated carbocycles. The van der Waals surface area contributed by atoms with Gasteiger partial charge in [0.15, 0.2) is 0 Å². The van der Waals surface area contributed by atoms with Crippen molar-refractivity contribution in [3.63, 3.8) is 0 Å². The first kappa shape index (κ1) is 9.40.